The first-order chi connectivity index (χ1) is 14.2. The van der Waals surface area contributed by atoms with Crippen LogP contribution in [0.1, 0.15) is 57.1 Å². The summed E-state index contributed by atoms with van der Waals surface area (Å²) in [5, 5.41) is 9.46. The van der Waals surface area contributed by atoms with Crippen molar-refractivity contribution in [3.63, 3.8) is 0 Å². The minimum absolute atomic E-state index is 0.315. The molecule has 30 heavy (non-hydrogen) atoms. The van der Waals surface area contributed by atoms with Crippen LogP contribution in [0.3, 0.4) is 0 Å². The summed E-state index contributed by atoms with van der Waals surface area (Å²) in [5.41, 5.74) is 2.11. The SMILES string of the molecule is CC(C)c1ccc(C=C2SC(=S)N(C(C)C(=O)N3CCCCC3C(=O)O)C2=O)cc1. The van der Waals surface area contributed by atoms with Crippen molar-refractivity contribution in [3.05, 3.63) is 40.3 Å². The number of carbonyl (C=O) groups is 3. The molecule has 2 aliphatic rings. The molecule has 0 bridgehead atoms. The van der Waals surface area contributed by atoms with Crippen molar-refractivity contribution in [2.75, 3.05) is 6.54 Å². The van der Waals surface area contributed by atoms with Crippen LogP contribution in [-0.2, 0) is 14.4 Å². The Morgan fingerprint density at radius 1 is 1.20 bits per heavy atom. The van der Waals surface area contributed by atoms with Crippen LogP contribution in [0.4, 0.5) is 0 Å². The van der Waals surface area contributed by atoms with Gasteiger partial charge < -0.3 is 10.0 Å². The summed E-state index contributed by atoms with van der Waals surface area (Å²) >= 11 is 6.55. The number of carboxylic acid groups (broad SMARTS) is 1. The molecule has 3 rings (SSSR count). The highest BCUT2D eigenvalue weighted by Gasteiger charge is 2.42. The second kappa shape index (κ2) is 9.31. The molecule has 0 aliphatic carbocycles. The van der Waals surface area contributed by atoms with Crippen LogP contribution in [0.2, 0.25) is 0 Å². The number of carbonyl (C=O) groups excluding carboxylic acids is 2. The van der Waals surface area contributed by atoms with E-state index in [0.29, 0.717) is 28.1 Å². The Kier molecular flexibility index (Phi) is 6.98. The molecule has 0 radical (unpaired) electrons. The van der Waals surface area contributed by atoms with E-state index in [1.54, 1.807) is 13.0 Å². The van der Waals surface area contributed by atoms with E-state index < -0.39 is 18.1 Å². The van der Waals surface area contributed by atoms with Gasteiger partial charge in [0.1, 0.15) is 16.4 Å². The van der Waals surface area contributed by atoms with Crippen LogP contribution in [0.25, 0.3) is 6.08 Å². The number of piperidine rings is 1. The van der Waals surface area contributed by atoms with Crippen molar-refractivity contribution in [3.8, 4) is 0 Å². The topological polar surface area (TPSA) is 77.9 Å². The van der Waals surface area contributed by atoms with Crippen LogP contribution in [0.15, 0.2) is 29.2 Å². The number of likely N-dealkylation sites (tertiary alicyclic amines) is 1. The van der Waals surface area contributed by atoms with Gasteiger partial charge in [-0.1, -0.05) is 62.1 Å². The van der Waals surface area contributed by atoms with Gasteiger partial charge >= 0.3 is 5.97 Å². The van der Waals surface area contributed by atoms with Crippen LogP contribution >= 0.6 is 24.0 Å². The fraction of sp³-hybridized carbons (Fsp3) is 0.455. The van der Waals surface area contributed by atoms with Gasteiger partial charge in [0.15, 0.2) is 0 Å². The molecule has 2 atom stereocenters. The summed E-state index contributed by atoms with van der Waals surface area (Å²) < 4.78 is 0.315. The van der Waals surface area contributed by atoms with Crippen molar-refractivity contribution in [1.82, 2.24) is 9.80 Å². The standard InChI is InChI=1S/C22H26N2O4S2/c1-13(2)16-9-7-15(8-10-16)12-18-20(26)24(22(29)30-18)14(3)19(25)23-11-5-4-6-17(23)21(27)28/h7-10,12-14,17H,4-6,11H2,1-3H3,(H,27,28). The minimum Gasteiger partial charge on any atom is -0.480 e. The van der Waals surface area contributed by atoms with Gasteiger partial charge in [0, 0.05) is 6.54 Å². The monoisotopic (exact) mass is 446 g/mol. The third-order valence-corrected chi connectivity index (χ3v) is 6.87. The minimum atomic E-state index is -1.01. The Balaban J connectivity index is 1.78. The quantitative estimate of drug-likeness (QED) is 0.547. The number of hydrogen-bond donors (Lipinski definition) is 1. The van der Waals surface area contributed by atoms with E-state index in [1.165, 1.54) is 27.1 Å². The number of carboxylic acids is 1. The molecular formula is C22H26N2O4S2. The molecule has 2 aliphatic heterocycles. The fourth-order valence-corrected chi connectivity index (χ4v) is 5.16. The highest BCUT2D eigenvalue weighted by molar-refractivity contribution is 8.26. The van der Waals surface area contributed by atoms with Gasteiger partial charge in [-0.25, -0.2) is 4.79 Å². The molecule has 1 aromatic carbocycles. The summed E-state index contributed by atoms with van der Waals surface area (Å²) in [4.78, 5) is 40.7. The molecular weight excluding hydrogens is 420 g/mol. The summed E-state index contributed by atoms with van der Waals surface area (Å²) in [6.07, 6.45) is 3.74. The second-order valence-electron chi connectivity index (χ2n) is 7.93. The summed E-state index contributed by atoms with van der Waals surface area (Å²) in [6, 6.07) is 6.30. The van der Waals surface area contributed by atoms with Gasteiger partial charge in [-0.2, -0.15) is 0 Å². The average Bonchev–Trinajstić information content (AvgIpc) is 3.00. The number of benzene rings is 1. The number of thiocarbonyl (C=S) groups is 1. The van der Waals surface area contributed by atoms with Gasteiger partial charge in [-0.15, -0.1) is 0 Å². The van der Waals surface area contributed by atoms with E-state index in [0.717, 1.165) is 18.4 Å². The Morgan fingerprint density at radius 2 is 1.87 bits per heavy atom. The molecule has 2 heterocycles. The van der Waals surface area contributed by atoms with Crippen molar-refractivity contribution >= 4 is 52.2 Å². The molecule has 160 valence electrons. The lowest BCUT2D eigenvalue weighted by atomic mass is 10.0. The van der Waals surface area contributed by atoms with E-state index in [-0.39, 0.29) is 11.8 Å². The molecule has 0 saturated carbocycles. The van der Waals surface area contributed by atoms with E-state index in [1.807, 2.05) is 24.3 Å². The lowest BCUT2D eigenvalue weighted by molar-refractivity contribution is -0.154. The molecule has 0 spiro atoms. The summed E-state index contributed by atoms with van der Waals surface area (Å²) in [6.45, 7) is 6.24. The van der Waals surface area contributed by atoms with E-state index in [9.17, 15) is 19.5 Å². The largest absolute Gasteiger partial charge is 0.480 e. The van der Waals surface area contributed by atoms with E-state index >= 15 is 0 Å². The molecule has 0 aromatic heterocycles. The number of rotatable bonds is 5. The third-order valence-electron chi connectivity index (χ3n) is 5.54. The van der Waals surface area contributed by atoms with Gasteiger partial charge in [0.2, 0.25) is 5.91 Å². The van der Waals surface area contributed by atoms with Gasteiger partial charge in [0.05, 0.1) is 4.91 Å². The molecule has 8 heteroatoms. The van der Waals surface area contributed by atoms with E-state index in [4.69, 9.17) is 12.2 Å². The highest BCUT2D eigenvalue weighted by Crippen LogP contribution is 2.35. The molecule has 1 N–H and O–H groups in total. The van der Waals surface area contributed by atoms with Crippen molar-refractivity contribution in [1.29, 1.82) is 0 Å². The number of aliphatic carboxylic acids is 1. The maximum atomic E-state index is 13.0. The van der Waals surface area contributed by atoms with Gasteiger partial charge in [0.25, 0.3) is 5.91 Å². The summed E-state index contributed by atoms with van der Waals surface area (Å²) in [5.74, 6) is -1.28. The predicted octanol–water partition coefficient (Wildman–Crippen LogP) is 3.87. The number of amides is 2. The lowest BCUT2D eigenvalue weighted by Gasteiger charge is -2.36. The zero-order chi connectivity index (χ0) is 22.0. The number of nitrogens with zero attached hydrogens (tertiary/aromatic N) is 2. The molecule has 2 unspecified atom stereocenters. The van der Waals surface area contributed by atoms with Crippen LogP contribution in [-0.4, -0.2) is 55.6 Å². The van der Waals surface area contributed by atoms with Crippen LogP contribution < -0.4 is 0 Å². The van der Waals surface area contributed by atoms with Crippen LogP contribution in [0, 0.1) is 0 Å². The Labute approximate surface area is 186 Å². The Hall–Kier alpha value is -2.19. The molecule has 2 saturated heterocycles. The Bertz CT molecular complexity index is 895. The summed E-state index contributed by atoms with van der Waals surface area (Å²) in [7, 11) is 0. The van der Waals surface area contributed by atoms with Gasteiger partial charge in [-0.05, 0) is 49.3 Å². The number of hydrogen-bond acceptors (Lipinski definition) is 5. The van der Waals surface area contributed by atoms with Crippen molar-refractivity contribution in [2.24, 2.45) is 0 Å². The molecule has 2 amide bonds. The Morgan fingerprint density at radius 3 is 2.47 bits per heavy atom. The smallest absolute Gasteiger partial charge is 0.326 e. The lowest BCUT2D eigenvalue weighted by Crippen LogP contribution is -2.55. The first-order valence-corrected chi connectivity index (χ1v) is 11.3. The van der Waals surface area contributed by atoms with Crippen molar-refractivity contribution in [2.45, 2.75) is 58.0 Å². The fourth-order valence-electron chi connectivity index (χ4n) is 3.74. The number of thioether (sulfide) groups is 1. The van der Waals surface area contributed by atoms with Gasteiger partial charge in [-0.3, -0.25) is 14.5 Å². The maximum Gasteiger partial charge on any atom is 0.326 e. The third kappa shape index (κ3) is 4.59. The normalized spacial score (nSPS) is 22.1. The molecule has 2 fully saturated rings. The van der Waals surface area contributed by atoms with Crippen molar-refractivity contribution < 1.29 is 19.5 Å². The molecule has 6 nitrogen and oxygen atoms in total. The first kappa shape index (κ1) is 22.5. The molecule has 1 aromatic rings. The zero-order valence-electron chi connectivity index (χ0n) is 17.3. The van der Waals surface area contributed by atoms with Crippen LogP contribution in [0.5, 0.6) is 0 Å². The zero-order valence-corrected chi connectivity index (χ0v) is 19.0. The first-order valence-electron chi connectivity index (χ1n) is 10.1. The maximum absolute atomic E-state index is 13.0. The van der Waals surface area contributed by atoms with E-state index in [2.05, 4.69) is 13.8 Å². The highest BCUT2D eigenvalue weighted by atomic mass is 32.2. The second-order valence-corrected chi connectivity index (χ2v) is 9.61. The average molecular weight is 447 g/mol. The predicted molar refractivity (Wildman–Crippen MR) is 122 cm³/mol.